The molecule has 1 aliphatic carbocycles. The Hall–Kier alpha value is -0.930. The molecule has 3 rings (SSSR count). The van der Waals surface area contributed by atoms with Gasteiger partial charge in [-0.25, -0.2) is 9.78 Å². The third kappa shape index (κ3) is 0.798. The Bertz CT molecular complexity index is 217. The summed E-state index contributed by atoms with van der Waals surface area (Å²) >= 11 is 0. The monoisotopic (exact) mass is 138 g/mol. The number of carbonyl (C=O) groups excluding carboxylic acids is 1. The van der Waals surface area contributed by atoms with Crippen molar-refractivity contribution in [1.82, 2.24) is 0 Å². The van der Waals surface area contributed by atoms with Crippen molar-refractivity contribution in [2.45, 2.75) is 12.2 Å². The minimum absolute atomic E-state index is 0.0590. The van der Waals surface area contributed by atoms with Crippen LogP contribution in [0.1, 0.15) is 0 Å². The van der Waals surface area contributed by atoms with Gasteiger partial charge in [0.15, 0.2) is 11.9 Å². The highest BCUT2D eigenvalue weighted by Gasteiger charge is 2.24. The Morgan fingerprint density at radius 1 is 1.20 bits per heavy atom. The standard InChI is InChI=1S/C7H6O3/c8-6-3-1-5-2-4-7(6)10-9-5/h1-5,7H. The van der Waals surface area contributed by atoms with E-state index >= 15 is 0 Å². The van der Waals surface area contributed by atoms with Crippen LogP contribution in [0.4, 0.5) is 0 Å². The van der Waals surface area contributed by atoms with Crippen LogP contribution in [-0.2, 0) is 14.6 Å². The lowest BCUT2D eigenvalue weighted by Crippen LogP contribution is -2.23. The Kier molecular flexibility index (Phi) is 1.19. The molecule has 3 nitrogen and oxygen atoms in total. The van der Waals surface area contributed by atoms with E-state index in [4.69, 9.17) is 9.78 Å². The molecule has 0 aromatic carbocycles. The normalized spacial score (nSPS) is 36.6. The van der Waals surface area contributed by atoms with E-state index in [1.807, 2.05) is 0 Å². The van der Waals surface area contributed by atoms with Crippen molar-refractivity contribution in [1.29, 1.82) is 0 Å². The minimum atomic E-state index is -0.519. The van der Waals surface area contributed by atoms with E-state index in [2.05, 4.69) is 0 Å². The number of hydrogen-bond acceptors (Lipinski definition) is 3. The molecule has 2 aliphatic heterocycles. The summed E-state index contributed by atoms with van der Waals surface area (Å²) in [4.78, 5) is 20.4. The van der Waals surface area contributed by atoms with Gasteiger partial charge in [-0.15, -0.1) is 0 Å². The van der Waals surface area contributed by atoms with E-state index in [0.29, 0.717) is 0 Å². The summed E-state index contributed by atoms with van der Waals surface area (Å²) < 4.78 is 0. The van der Waals surface area contributed by atoms with Gasteiger partial charge in [-0.2, -0.15) is 0 Å². The number of carbonyl (C=O) groups is 1. The molecule has 52 valence electrons. The maximum absolute atomic E-state index is 10.9. The first kappa shape index (κ1) is 5.82. The lowest BCUT2D eigenvalue weighted by molar-refractivity contribution is -0.320. The fourth-order valence-corrected chi connectivity index (χ4v) is 0.922. The molecule has 2 bridgehead atoms. The molecular weight excluding hydrogens is 132 g/mol. The predicted octanol–water partition coefficient (Wildman–Crippen LogP) is 0.380. The van der Waals surface area contributed by atoms with E-state index in [0.717, 1.165) is 0 Å². The second-order valence-electron chi connectivity index (χ2n) is 2.22. The number of fused-ring (bicyclic) bond motifs is 2. The Morgan fingerprint density at radius 3 is 2.80 bits per heavy atom. The van der Waals surface area contributed by atoms with Crippen molar-refractivity contribution >= 4 is 5.78 Å². The van der Waals surface area contributed by atoms with Gasteiger partial charge in [0.25, 0.3) is 0 Å². The first-order chi connectivity index (χ1) is 4.86. The quantitative estimate of drug-likeness (QED) is 0.358. The van der Waals surface area contributed by atoms with Crippen LogP contribution in [0.25, 0.3) is 0 Å². The molecule has 0 saturated carbocycles. The van der Waals surface area contributed by atoms with E-state index in [9.17, 15) is 4.79 Å². The van der Waals surface area contributed by atoms with Crippen LogP contribution in [0, 0.1) is 0 Å². The Morgan fingerprint density at radius 2 is 2.10 bits per heavy atom. The fraction of sp³-hybridized carbons (Fsp3) is 0.286. The van der Waals surface area contributed by atoms with Crippen LogP contribution >= 0.6 is 0 Å². The summed E-state index contributed by atoms with van der Waals surface area (Å²) in [5.41, 5.74) is 0. The maximum atomic E-state index is 10.9. The molecule has 10 heavy (non-hydrogen) atoms. The number of ketones is 1. The van der Waals surface area contributed by atoms with Gasteiger partial charge in [-0.05, 0) is 24.3 Å². The minimum Gasteiger partial charge on any atom is -0.291 e. The molecule has 2 atom stereocenters. The van der Waals surface area contributed by atoms with E-state index in [-0.39, 0.29) is 11.9 Å². The molecule has 0 aromatic rings. The van der Waals surface area contributed by atoms with E-state index in [1.165, 1.54) is 6.08 Å². The van der Waals surface area contributed by atoms with Crippen molar-refractivity contribution < 1.29 is 14.6 Å². The van der Waals surface area contributed by atoms with Crippen molar-refractivity contribution in [2.75, 3.05) is 0 Å². The van der Waals surface area contributed by atoms with Gasteiger partial charge in [0.05, 0.1) is 0 Å². The van der Waals surface area contributed by atoms with Crippen LogP contribution in [0.3, 0.4) is 0 Å². The van der Waals surface area contributed by atoms with E-state index in [1.54, 1.807) is 18.2 Å². The summed E-state index contributed by atoms with van der Waals surface area (Å²) in [6, 6.07) is 0. The highest BCUT2D eigenvalue weighted by atomic mass is 17.2. The molecule has 0 aromatic heterocycles. The highest BCUT2D eigenvalue weighted by Crippen LogP contribution is 2.15. The molecule has 0 spiro atoms. The molecule has 0 saturated heterocycles. The van der Waals surface area contributed by atoms with Crippen LogP contribution in [0.5, 0.6) is 0 Å². The molecule has 3 aliphatic rings. The van der Waals surface area contributed by atoms with Crippen LogP contribution in [0.15, 0.2) is 24.3 Å². The smallest absolute Gasteiger partial charge is 0.191 e. The fourth-order valence-electron chi connectivity index (χ4n) is 0.922. The van der Waals surface area contributed by atoms with Crippen molar-refractivity contribution in [3.05, 3.63) is 24.3 Å². The summed E-state index contributed by atoms with van der Waals surface area (Å²) in [6.45, 7) is 0. The van der Waals surface area contributed by atoms with Gasteiger partial charge in [0.2, 0.25) is 0 Å². The first-order valence-electron chi connectivity index (χ1n) is 3.09. The zero-order valence-corrected chi connectivity index (χ0v) is 5.19. The molecule has 0 amide bonds. The van der Waals surface area contributed by atoms with Gasteiger partial charge in [0, 0.05) is 0 Å². The van der Waals surface area contributed by atoms with Crippen LogP contribution in [0.2, 0.25) is 0 Å². The van der Waals surface area contributed by atoms with Crippen molar-refractivity contribution in [2.24, 2.45) is 0 Å². The molecule has 2 unspecified atom stereocenters. The lowest BCUT2D eigenvalue weighted by Gasteiger charge is -2.14. The molecule has 0 radical (unpaired) electrons. The summed E-state index contributed by atoms with van der Waals surface area (Å²) in [5.74, 6) is -0.0590. The molecule has 3 heteroatoms. The van der Waals surface area contributed by atoms with Gasteiger partial charge >= 0.3 is 0 Å². The second-order valence-corrected chi connectivity index (χ2v) is 2.22. The first-order valence-corrected chi connectivity index (χ1v) is 3.09. The summed E-state index contributed by atoms with van der Waals surface area (Å²) in [5, 5.41) is 0. The lowest BCUT2D eigenvalue weighted by atomic mass is 10.2. The zero-order chi connectivity index (χ0) is 6.97. The topological polar surface area (TPSA) is 35.5 Å². The SMILES string of the molecule is O=C1C=CC2C=CC1OO2. The molecule has 0 N–H and O–H groups in total. The van der Waals surface area contributed by atoms with Gasteiger partial charge in [0.1, 0.15) is 6.10 Å². The largest absolute Gasteiger partial charge is 0.291 e. The average Bonchev–Trinajstić information content (AvgIpc) is 2.24. The van der Waals surface area contributed by atoms with Crippen LogP contribution in [-0.4, -0.2) is 18.0 Å². The summed E-state index contributed by atoms with van der Waals surface area (Å²) in [7, 11) is 0. The maximum Gasteiger partial charge on any atom is 0.191 e. The predicted molar refractivity (Wildman–Crippen MR) is 33.0 cm³/mol. The molecule has 2 heterocycles. The number of hydrogen-bond donors (Lipinski definition) is 0. The van der Waals surface area contributed by atoms with Gasteiger partial charge < -0.3 is 0 Å². The third-order valence-electron chi connectivity index (χ3n) is 1.48. The Labute approximate surface area is 57.9 Å². The van der Waals surface area contributed by atoms with Crippen molar-refractivity contribution in [3.63, 3.8) is 0 Å². The summed E-state index contributed by atoms with van der Waals surface area (Å²) in [6.07, 6.45) is 5.97. The second kappa shape index (κ2) is 2.04. The van der Waals surface area contributed by atoms with Crippen LogP contribution < -0.4 is 0 Å². The number of rotatable bonds is 0. The Balaban J connectivity index is 2.37. The highest BCUT2D eigenvalue weighted by molar-refractivity contribution is 5.95. The van der Waals surface area contributed by atoms with Crippen molar-refractivity contribution in [3.8, 4) is 0 Å². The third-order valence-corrected chi connectivity index (χ3v) is 1.48. The zero-order valence-electron chi connectivity index (χ0n) is 5.19. The van der Waals surface area contributed by atoms with Gasteiger partial charge in [-0.1, -0.05) is 0 Å². The van der Waals surface area contributed by atoms with Gasteiger partial charge in [-0.3, -0.25) is 4.79 Å². The van der Waals surface area contributed by atoms with E-state index < -0.39 is 6.10 Å². The molecule has 0 fully saturated rings. The average molecular weight is 138 g/mol. The molecular formula is C7H6O3.